The summed E-state index contributed by atoms with van der Waals surface area (Å²) in [6, 6.07) is 2.06. The topological polar surface area (TPSA) is 62.3 Å². The third-order valence-electron chi connectivity index (χ3n) is 3.50. The zero-order chi connectivity index (χ0) is 15.6. The van der Waals surface area contributed by atoms with Crippen LogP contribution in [0.2, 0.25) is 0 Å². The van der Waals surface area contributed by atoms with E-state index in [9.17, 15) is 9.59 Å². The Bertz CT molecular complexity index is 574. The molecule has 2 heterocycles. The average molecular weight is 307 g/mol. The number of aryl methyl sites for hydroxylation is 2. The van der Waals surface area contributed by atoms with Crippen molar-refractivity contribution in [2.45, 2.75) is 45.2 Å². The molecular weight excluding hydrogens is 286 g/mol. The molecule has 2 rings (SSSR count). The van der Waals surface area contributed by atoms with Gasteiger partial charge in [0.05, 0.1) is 11.4 Å². The lowest BCUT2D eigenvalue weighted by atomic mass is 10.2. The number of pyridine rings is 1. The van der Waals surface area contributed by atoms with E-state index in [0.717, 1.165) is 28.4 Å². The Morgan fingerprint density at radius 2 is 2.24 bits per heavy atom. The minimum Gasteiger partial charge on any atom is -0.352 e. The molecular formula is C15H21N3O2S. The molecule has 114 valence electrons. The Morgan fingerprint density at radius 1 is 1.52 bits per heavy atom. The number of carbonyl (C=O) groups excluding carboxylic acids is 2. The lowest BCUT2D eigenvalue weighted by Gasteiger charge is -2.30. The van der Waals surface area contributed by atoms with Crippen molar-refractivity contribution in [1.82, 2.24) is 10.3 Å². The van der Waals surface area contributed by atoms with E-state index in [4.69, 9.17) is 0 Å². The zero-order valence-electron chi connectivity index (χ0n) is 12.9. The van der Waals surface area contributed by atoms with Gasteiger partial charge in [0.25, 0.3) is 0 Å². The van der Waals surface area contributed by atoms with Crippen LogP contribution in [0.3, 0.4) is 0 Å². The van der Waals surface area contributed by atoms with Gasteiger partial charge >= 0.3 is 0 Å². The highest BCUT2D eigenvalue weighted by atomic mass is 32.2. The molecule has 2 amide bonds. The van der Waals surface area contributed by atoms with E-state index in [-0.39, 0.29) is 24.4 Å². The average Bonchev–Trinajstić information content (AvgIpc) is 2.41. The van der Waals surface area contributed by atoms with Crippen LogP contribution in [0, 0.1) is 13.8 Å². The standard InChI is InChI=1S/C15H21N3O2S/c1-5-10(3)16-12(19)7-18-13(20)8-21-15-14(18)9(2)6-11(4)17-15/h6,10H,5,7-8H2,1-4H3,(H,16,19)/t10-/m1/s1. The van der Waals surface area contributed by atoms with E-state index in [1.165, 1.54) is 11.8 Å². The monoisotopic (exact) mass is 307 g/mol. The molecule has 0 fully saturated rings. The first-order valence-electron chi connectivity index (χ1n) is 7.13. The van der Waals surface area contributed by atoms with Gasteiger partial charge in [0.15, 0.2) is 0 Å². The third-order valence-corrected chi connectivity index (χ3v) is 4.45. The number of fused-ring (bicyclic) bond motifs is 1. The Kier molecular flexibility index (Phi) is 4.88. The molecule has 1 aromatic heterocycles. The summed E-state index contributed by atoms with van der Waals surface area (Å²) >= 11 is 1.44. The first kappa shape index (κ1) is 15.8. The number of thioether (sulfide) groups is 1. The fourth-order valence-electron chi connectivity index (χ4n) is 2.29. The Hall–Kier alpha value is -1.56. The molecule has 1 N–H and O–H groups in total. The maximum absolute atomic E-state index is 12.2. The van der Waals surface area contributed by atoms with Gasteiger partial charge in [0, 0.05) is 11.7 Å². The minimum absolute atomic E-state index is 0.0412. The van der Waals surface area contributed by atoms with Crippen LogP contribution in [-0.4, -0.2) is 35.1 Å². The van der Waals surface area contributed by atoms with Crippen molar-refractivity contribution in [2.75, 3.05) is 17.2 Å². The van der Waals surface area contributed by atoms with Gasteiger partial charge in [-0.3, -0.25) is 14.5 Å². The SMILES string of the molecule is CC[C@@H](C)NC(=O)CN1C(=O)CSc2nc(C)cc(C)c21. The number of amides is 2. The quantitative estimate of drug-likeness (QED) is 0.925. The molecule has 1 aliphatic heterocycles. The summed E-state index contributed by atoms with van der Waals surface area (Å²) in [6.45, 7) is 7.91. The molecule has 0 saturated carbocycles. The predicted molar refractivity (Wildman–Crippen MR) is 84.7 cm³/mol. The number of hydrogen-bond donors (Lipinski definition) is 1. The first-order chi connectivity index (χ1) is 9.92. The van der Waals surface area contributed by atoms with Crippen molar-refractivity contribution in [2.24, 2.45) is 0 Å². The lowest BCUT2D eigenvalue weighted by molar-refractivity contribution is -0.123. The highest BCUT2D eigenvalue weighted by molar-refractivity contribution is 8.00. The fourth-order valence-corrected chi connectivity index (χ4v) is 3.32. The van der Waals surface area contributed by atoms with Crippen molar-refractivity contribution in [1.29, 1.82) is 0 Å². The molecule has 0 aromatic carbocycles. The maximum Gasteiger partial charge on any atom is 0.240 e. The van der Waals surface area contributed by atoms with Crippen LogP contribution in [0.5, 0.6) is 0 Å². The molecule has 0 spiro atoms. The largest absolute Gasteiger partial charge is 0.352 e. The number of aromatic nitrogens is 1. The molecule has 1 aliphatic rings. The normalized spacial score (nSPS) is 15.6. The van der Waals surface area contributed by atoms with Gasteiger partial charge in [-0.25, -0.2) is 4.98 Å². The summed E-state index contributed by atoms with van der Waals surface area (Å²) in [5.41, 5.74) is 2.69. The van der Waals surface area contributed by atoms with Gasteiger partial charge in [-0.1, -0.05) is 18.7 Å². The molecule has 0 unspecified atom stereocenters. The number of hydrogen-bond acceptors (Lipinski definition) is 4. The van der Waals surface area contributed by atoms with Crippen molar-refractivity contribution in [3.05, 3.63) is 17.3 Å². The number of rotatable bonds is 4. The van der Waals surface area contributed by atoms with Gasteiger partial charge in [-0.15, -0.1) is 0 Å². The number of carbonyl (C=O) groups is 2. The summed E-state index contributed by atoms with van der Waals surface area (Å²) in [5, 5.41) is 3.74. The van der Waals surface area contributed by atoms with E-state index >= 15 is 0 Å². The molecule has 6 heteroatoms. The van der Waals surface area contributed by atoms with E-state index < -0.39 is 0 Å². The van der Waals surface area contributed by atoms with Gasteiger partial charge in [0.1, 0.15) is 11.6 Å². The van der Waals surface area contributed by atoms with Gasteiger partial charge in [-0.2, -0.15) is 0 Å². The minimum atomic E-state index is -0.129. The van der Waals surface area contributed by atoms with Gasteiger partial charge < -0.3 is 5.32 Å². The van der Waals surface area contributed by atoms with Crippen LogP contribution in [-0.2, 0) is 9.59 Å². The molecule has 21 heavy (non-hydrogen) atoms. The highest BCUT2D eigenvalue weighted by Gasteiger charge is 2.29. The Morgan fingerprint density at radius 3 is 2.90 bits per heavy atom. The second kappa shape index (κ2) is 6.47. The maximum atomic E-state index is 12.2. The van der Waals surface area contributed by atoms with E-state index in [2.05, 4.69) is 10.3 Å². The summed E-state index contributed by atoms with van der Waals surface area (Å²) in [4.78, 5) is 30.3. The lowest BCUT2D eigenvalue weighted by Crippen LogP contribution is -2.45. The van der Waals surface area contributed by atoms with Crippen LogP contribution in [0.25, 0.3) is 0 Å². The second-order valence-electron chi connectivity index (χ2n) is 5.38. The van der Waals surface area contributed by atoms with Crippen molar-refractivity contribution in [3.63, 3.8) is 0 Å². The summed E-state index contributed by atoms with van der Waals surface area (Å²) in [7, 11) is 0. The molecule has 1 atom stereocenters. The summed E-state index contributed by atoms with van der Waals surface area (Å²) < 4.78 is 0. The van der Waals surface area contributed by atoms with Gasteiger partial charge in [-0.05, 0) is 38.8 Å². The Balaban J connectivity index is 2.25. The van der Waals surface area contributed by atoms with Crippen molar-refractivity contribution in [3.8, 4) is 0 Å². The highest BCUT2D eigenvalue weighted by Crippen LogP contribution is 2.36. The van der Waals surface area contributed by atoms with Crippen molar-refractivity contribution < 1.29 is 9.59 Å². The zero-order valence-corrected chi connectivity index (χ0v) is 13.7. The van der Waals surface area contributed by atoms with Gasteiger partial charge in [0.2, 0.25) is 11.8 Å². The molecule has 0 radical (unpaired) electrons. The summed E-state index contributed by atoms with van der Waals surface area (Å²) in [5.74, 6) is 0.163. The number of nitrogens with zero attached hydrogens (tertiary/aromatic N) is 2. The van der Waals surface area contributed by atoms with Crippen LogP contribution in [0.15, 0.2) is 11.1 Å². The Labute approximate surface area is 129 Å². The molecule has 0 bridgehead atoms. The van der Waals surface area contributed by atoms with Crippen LogP contribution >= 0.6 is 11.8 Å². The number of anilines is 1. The van der Waals surface area contributed by atoms with E-state index in [1.54, 1.807) is 4.90 Å². The molecule has 5 nitrogen and oxygen atoms in total. The molecule has 1 aromatic rings. The molecule has 0 saturated heterocycles. The van der Waals surface area contributed by atoms with Crippen LogP contribution < -0.4 is 10.2 Å². The number of nitrogens with one attached hydrogen (secondary N) is 1. The van der Waals surface area contributed by atoms with Crippen molar-refractivity contribution >= 4 is 29.3 Å². The second-order valence-corrected chi connectivity index (χ2v) is 6.34. The van der Waals surface area contributed by atoms with Crippen LogP contribution in [0.1, 0.15) is 31.5 Å². The summed E-state index contributed by atoms with van der Waals surface area (Å²) in [6.07, 6.45) is 0.867. The predicted octanol–water partition coefficient (Wildman–Crippen LogP) is 2.05. The first-order valence-corrected chi connectivity index (χ1v) is 8.11. The van der Waals surface area contributed by atoms with Crippen LogP contribution in [0.4, 0.5) is 5.69 Å². The smallest absolute Gasteiger partial charge is 0.240 e. The third kappa shape index (κ3) is 3.56. The molecule has 0 aliphatic carbocycles. The van der Waals surface area contributed by atoms with E-state index in [1.807, 2.05) is 33.8 Å². The van der Waals surface area contributed by atoms with E-state index in [0.29, 0.717) is 5.75 Å². The fraction of sp³-hybridized carbons (Fsp3) is 0.533.